The van der Waals surface area contributed by atoms with E-state index in [9.17, 15) is 14.7 Å². The molecule has 7 heteroatoms. The van der Waals surface area contributed by atoms with E-state index in [0.29, 0.717) is 5.56 Å². The van der Waals surface area contributed by atoms with Crippen LogP contribution in [0.25, 0.3) is 0 Å². The summed E-state index contributed by atoms with van der Waals surface area (Å²) in [6.07, 6.45) is -0.704. The fraction of sp³-hybridized carbons (Fsp3) is 0.500. The van der Waals surface area contributed by atoms with Crippen LogP contribution in [0.1, 0.15) is 26.3 Å². The number of esters is 1. The Labute approximate surface area is 135 Å². The van der Waals surface area contributed by atoms with Crippen LogP contribution in [0.4, 0.5) is 4.79 Å². The Morgan fingerprint density at radius 3 is 2.43 bits per heavy atom. The first-order valence-electron chi connectivity index (χ1n) is 7.10. The zero-order valence-electron chi connectivity index (χ0n) is 14.0. The summed E-state index contributed by atoms with van der Waals surface area (Å²) < 4.78 is 14.8. The van der Waals surface area contributed by atoms with E-state index in [-0.39, 0.29) is 17.9 Å². The molecule has 2 N–H and O–H groups in total. The van der Waals surface area contributed by atoms with Crippen LogP contribution in [0.15, 0.2) is 18.2 Å². The van der Waals surface area contributed by atoms with Gasteiger partial charge in [0, 0.05) is 12.0 Å². The molecule has 128 valence electrons. The molecule has 0 spiro atoms. The molecular formula is C16H23NO6. The van der Waals surface area contributed by atoms with Crippen LogP contribution < -0.4 is 10.1 Å². The quantitative estimate of drug-likeness (QED) is 0.804. The largest absolute Gasteiger partial charge is 0.504 e. The van der Waals surface area contributed by atoms with Crippen LogP contribution in [0.5, 0.6) is 11.5 Å². The molecular weight excluding hydrogens is 302 g/mol. The number of rotatable bonds is 5. The molecule has 0 aliphatic carbocycles. The highest BCUT2D eigenvalue weighted by atomic mass is 16.6. The summed E-state index contributed by atoms with van der Waals surface area (Å²) in [5.41, 5.74) is -0.251. The first-order valence-corrected chi connectivity index (χ1v) is 7.10. The molecule has 0 fully saturated rings. The van der Waals surface area contributed by atoms with Crippen LogP contribution in [0, 0.1) is 0 Å². The van der Waals surface area contributed by atoms with E-state index in [4.69, 9.17) is 9.47 Å². The van der Waals surface area contributed by atoms with Gasteiger partial charge in [0.05, 0.1) is 14.2 Å². The van der Waals surface area contributed by atoms with Crippen molar-refractivity contribution in [3.63, 3.8) is 0 Å². The molecule has 0 aromatic heterocycles. The minimum absolute atomic E-state index is 0.0367. The number of phenols is 1. The fourth-order valence-electron chi connectivity index (χ4n) is 1.90. The number of carbonyl (C=O) groups excluding carboxylic acids is 2. The van der Waals surface area contributed by atoms with E-state index in [1.54, 1.807) is 39.0 Å². The van der Waals surface area contributed by atoms with Gasteiger partial charge in [-0.25, -0.2) is 9.59 Å². The average Bonchev–Trinajstić information content (AvgIpc) is 2.45. The van der Waals surface area contributed by atoms with Gasteiger partial charge in [-0.2, -0.15) is 0 Å². The number of methoxy groups -OCH3 is 2. The molecule has 0 saturated heterocycles. The summed E-state index contributed by atoms with van der Waals surface area (Å²) in [7, 11) is 2.65. The zero-order chi connectivity index (χ0) is 17.6. The van der Waals surface area contributed by atoms with Gasteiger partial charge in [0.15, 0.2) is 11.5 Å². The predicted octanol–water partition coefficient (Wildman–Crippen LogP) is 2.01. The second-order valence-corrected chi connectivity index (χ2v) is 5.89. The van der Waals surface area contributed by atoms with Crippen molar-refractivity contribution in [3.05, 3.63) is 23.8 Å². The third kappa shape index (κ3) is 5.69. The maximum atomic E-state index is 11.9. The third-order valence-electron chi connectivity index (χ3n) is 2.90. The molecule has 0 heterocycles. The number of para-hydroxylation sites is 1. The van der Waals surface area contributed by atoms with Gasteiger partial charge < -0.3 is 24.6 Å². The molecule has 1 aromatic rings. The van der Waals surface area contributed by atoms with Crippen molar-refractivity contribution in [1.29, 1.82) is 0 Å². The second-order valence-electron chi connectivity index (χ2n) is 5.89. The molecule has 1 aromatic carbocycles. The Morgan fingerprint density at radius 1 is 1.26 bits per heavy atom. The Bertz CT molecular complexity index is 564. The number of benzene rings is 1. The number of ether oxygens (including phenoxy) is 3. The second kappa shape index (κ2) is 7.71. The van der Waals surface area contributed by atoms with E-state index < -0.39 is 23.7 Å². The van der Waals surface area contributed by atoms with Gasteiger partial charge in [0.1, 0.15) is 11.6 Å². The number of hydrogen-bond acceptors (Lipinski definition) is 6. The Morgan fingerprint density at radius 2 is 1.91 bits per heavy atom. The van der Waals surface area contributed by atoms with Gasteiger partial charge >= 0.3 is 12.1 Å². The lowest BCUT2D eigenvalue weighted by molar-refractivity contribution is -0.143. The molecule has 1 rings (SSSR count). The lowest BCUT2D eigenvalue weighted by Crippen LogP contribution is -2.45. The summed E-state index contributed by atoms with van der Waals surface area (Å²) in [6, 6.07) is 3.90. The predicted molar refractivity (Wildman–Crippen MR) is 83.5 cm³/mol. The van der Waals surface area contributed by atoms with Crippen molar-refractivity contribution in [1.82, 2.24) is 5.32 Å². The van der Waals surface area contributed by atoms with Crippen molar-refractivity contribution in [2.24, 2.45) is 0 Å². The van der Waals surface area contributed by atoms with Crippen LogP contribution in [0.2, 0.25) is 0 Å². The summed E-state index contributed by atoms with van der Waals surface area (Å²) in [4.78, 5) is 23.7. The molecule has 23 heavy (non-hydrogen) atoms. The lowest BCUT2D eigenvalue weighted by Gasteiger charge is -2.23. The fourth-order valence-corrected chi connectivity index (χ4v) is 1.90. The molecule has 0 unspecified atom stereocenters. The van der Waals surface area contributed by atoms with Crippen LogP contribution in [-0.2, 0) is 20.7 Å². The maximum absolute atomic E-state index is 11.9. The lowest BCUT2D eigenvalue weighted by atomic mass is 10.0. The molecule has 1 amide bonds. The van der Waals surface area contributed by atoms with Crippen LogP contribution >= 0.6 is 0 Å². The number of aromatic hydroxyl groups is 1. The zero-order valence-corrected chi connectivity index (χ0v) is 14.0. The van der Waals surface area contributed by atoms with Crippen molar-refractivity contribution in [2.75, 3.05) is 14.2 Å². The molecule has 0 aliphatic heterocycles. The smallest absolute Gasteiger partial charge is 0.408 e. The van der Waals surface area contributed by atoms with Gasteiger partial charge in [-0.3, -0.25) is 0 Å². The SMILES string of the molecule is COC(=O)[C@H](Cc1cccc(OC)c1O)NC(=O)OC(C)(C)C. The highest BCUT2D eigenvalue weighted by Crippen LogP contribution is 2.30. The molecule has 7 nitrogen and oxygen atoms in total. The first-order chi connectivity index (χ1) is 10.7. The normalized spacial score (nSPS) is 12.2. The molecule has 0 radical (unpaired) electrons. The number of phenolic OH excluding ortho intramolecular Hbond substituents is 1. The summed E-state index contributed by atoms with van der Waals surface area (Å²) in [5.74, 6) is -0.448. The Balaban J connectivity index is 2.92. The monoisotopic (exact) mass is 325 g/mol. The number of amides is 1. The van der Waals surface area contributed by atoms with Gasteiger partial charge in [0.2, 0.25) is 0 Å². The van der Waals surface area contributed by atoms with E-state index in [2.05, 4.69) is 10.1 Å². The maximum Gasteiger partial charge on any atom is 0.408 e. The topological polar surface area (TPSA) is 94.1 Å². The van der Waals surface area contributed by atoms with Crippen molar-refractivity contribution in [3.8, 4) is 11.5 Å². The first kappa shape index (κ1) is 18.6. The minimum Gasteiger partial charge on any atom is -0.504 e. The van der Waals surface area contributed by atoms with E-state index in [1.807, 2.05) is 0 Å². The molecule has 0 saturated carbocycles. The van der Waals surface area contributed by atoms with E-state index >= 15 is 0 Å². The number of nitrogens with one attached hydrogen (secondary N) is 1. The molecule has 0 bridgehead atoms. The minimum atomic E-state index is -0.993. The Hall–Kier alpha value is -2.44. The van der Waals surface area contributed by atoms with E-state index in [1.165, 1.54) is 14.2 Å². The molecule has 1 atom stereocenters. The highest BCUT2D eigenvalue weighted by Gasteiger charge is 2.26. The van der Waals surface area contributed by atoms with Crippen molar-refractivity contribution in [2.45, 2.75) is 38.8 Å². The van der Waals surface area contributed by atoms with Gasteiger partial charge in [0.25, 0.3) is 0 Å². The summed E-state index contributed by atoms with van der Waals surface area (Å²) in [6.45, 7) is 5.15. The van der Waals surface area contributed by atoms with Gasteiger partial charge in [-0.1, -0.05) is 12.1 Å². The van der Waals surface area contributed by atoms with Crippen LogP contribution in [-0.4, -0.2) is 43.0 Å². The Kier molecular flexibility index (Phi) is 6.24. The van der Waals surface area contributed by atoms with Gasteiger partial charge in [-0.05, 0) is 26.8 Å². The summed E-state index contributed by atoms with van der Waals surface area (Å²) in [5, 5.41) is 12.5. The highest BCUT2D eigenvalue weighted by molar-refractivity contribution is 5.81. The third-order valence-corrected chi connectivity index (χ3v) is 2.90. The number of alkyl carbamates (subject to hydrolysis) is 1. The van der Waals surface area contributed by atoms with Crippen molar-refractivity contribution < 1.29 is 28.9 Å². The van der Waals surface area contributed by atoms with Gasteiger partial charge in [-0.15, -0.1) is 0 Å². The van der Waals surface area contributed by atoms with Crippen molar-refractivity contribution >= 4 is 12.1 Å². The number of hydrogen-bond donors (Lipinski definition) is 2. The van der Waals surface area contributed by atoms with Crippen LogP contribution in [0.3, 0.4) is 0 Å². The number of carbonyl (C=O) groups is 2. The summed E-state index contributed by atoms with van der Waals surface area (Å²) >= 11 is 0. The molecule has 0 aliphatic rings. The average molecular weight is 325 g/mol. The standard InChI is InChI=1S/C16H23NO6/c1-16(2,3)23-15(20)17-11(14(19)22-5)9-10-7-6-8-12(21-4)13(10)18/h6-8,11,18H,9H2,1-5H3,(H,17,20)/t11-/m0/s1. The van der Waals surface area contributed by atoms with E-state index in [0.717, 1.165) is 0 Å².